The van der Waals surface area contributed by atoms with Gasteiger partial charge in [0, 0.05) is 22.2 Å². The van der Waals surface area contributed by atoms with E-state index in [2.05, 4.69) is 195 Å². The van der Waals surface area contributed by atoms with Gasteiger partial charge in [-0.05, 0) is 128 Å². The fourth-order valence-electron chi connectivity index (χ4n) is 10.9. The predicted molar refractivity (Wildman–Crippen MR) is 236 cm³/mol. The van der Waals surface area contributed by atoms with Crippen LogP contribution in [0.4, 0.5) is 17.1 Å². The number of hydrogen-bond acceptors (Lipinski definition) is 1. The quantitative estimate of drug-likeness (QED) is 0.165. The summed E-state index contributed by atoms with van der Waals surface area (Å²) >= 11 is 0. The molecule has 0 aromatic heterocycles. The Morgan fingerprint density at radius 1 is 0.473 bits per heavy atom. The Morgan fingerprint density at radius 2 is 1.05 bits per heavy atom. The fraction of sp³-hybridized carbons (Fsp3) is 0.370. The van der Waals surface area contributed by atoms with Crippen molar-refractivity contribution in [1.82, 2.24) is 0 Å². The Morgan fingerprint density at radius 3 is 1.67 bits per heavy atom. The molecule has 9 rings (SSSR count). The van der Waals surface area contributed by atoms with Crippen molar-refractivity contribution in [2.75, 3.05) is 4.90 Å². The second-order valence-corrected chi connectivity index (χ2v) is 20.3. The molecule has 280 valence electrons. The highest BCUT2D eigenvalue weighted by Crippen LogP contribution is 2.75. The average molecular weight is 722 g/mol. The summed E-state index contributed by atoms with van der Waals surface area (Å²) < 4.78 is 0. The van der Waals surface area contributed by atoms with Crippen LogP contribution in [-0.2, 0) is 21.7 Å². The van der Waals surface area contributed by atoms with Crippen LogP contribution in [-0.4, -0.2) is 0 Å². The van der Waals surface area contributed by atoms with Crippen LogP contribution in [0.1, 0.15) is 110 Å². The molecule has 2 unspecified atom stereocenters. The summed E-state index contributed by atoms with van der Waals surface area (Å²) in [7, 11) is 0. The second-order valence-electron chi connectivity index (χ2n) is 20.3. The van der Waals surface area contributed by atoms with Crippen molar-refractivity contribution < 1.29 is 0 Å². The van der Waals surface area contributed by atoms with Crippen LogP contribution in [0.3, 0.4) is 0 Å². The van der Waals surface area contributed by atoms with Gasteiger partial charge in [0.2, 0.25) is 0 Å². The van der Waals surface area contributed by atoms with Crippen LogP contribution in [0, 0.1) is 17.8 Å². The van der Waals surface area contributed by atoms with Gasteiger partial charge in [-0.25, -0.2) is 0 Å². The Labute approximate surface area is 330 Å². The van der Waals surface area contributed by atoms with Crippen molar-refractivity contribution in [1.29, 1.82) is 0 Å². The number of fused-ring (bicyclic) bond motifs is 1. The van der Waals surface area contributed by atoms with Gasteiger partial charge in [0.1, 0.15) is 0 Å². The normalized spacial score (nSPS) is 21.9. The van der Waals surface area contributed by atoms with Gasteiger partial charge in [0.05, 0.1) is 11.4 Å². The Balaban J connectivity index is 1.37. The molecular formula is C54H59N. The monoisotopic (exact) mass is 721 g/mol. The SMILES string of the molecule is CC(C)(C)c1cc(N(c2cc(C(C)(C)C)ccc2-c2ccccc2)c2ccccc2-c2cccc3cccc(C45C6CCC4CC5C6)c23)cc(C(C)(C)C)c1. The highest BCUT2D eigenvalue weighted by Gasteiger charge is 2.70. The second kappa shape index (κ2) is 12.7. The van der Waals surface area contributed by atoms with E-state index in [-0.39, 0.29) is 16.2 Å². The third-order valence-electron chi connectivity index (χ3n) is 13.9. The third-order valence-corrected chi connectivity index (χ3v) is 13.9. The smallest absolute Gasteiger partial charge is 0.0543 e. The first-order valence-corrected chi connectivity index (χ1v) is 20.9. The van der Waals surface area contributed by atoms with Gasteiger partial charge < -0.3 is 4.90 Å². The van der Waals surface area contributed by atoms with E-state index in [1.807, 2.05) is 0 Å². The number of rotatable bonds is 6. The van der Waals surface area contributed by atoms with E-state index in [1.165, 1.54) is 92.5 Å². The molecular weight excluding hydrogens is 663 g/mol. The summed E-state index contributed by atoms with van der Waals surface area (Å²) in [6.07, 6.45) is 5.64. The number of anilines is 3. The maximum Gasteiger partial charge on any atom is 0.0543 e. The van der Waals surface area contributed by atoms with E-state index in [1.54, 1.807) is 5.56 Å². The van der Waals surface area contributed by atoms with E-state index in [9.17, 15) is 0 Å². The van der Waals surface area contributed by atoms with Crippen LogP contribution in [0.2, 0.25) is 0 Å². The lowest BCUT2D eigenvalue weighted by molar-refractivity contribution is -0.0824. The molecule has 3 saturated carbocycles. The third kappa shape index (κ3) is 5.79. The van der Waals surface area contributed by atoms with E-state index >= 15 is 0 Å². The summed E-state index contributed by atoms with van der Waals surface area (Å²) in [6, 6.07) is 49.2. The molecule has 0 spiro atoms. The van der Waals surface area contributed by atoms with E-state index in [4.69, 9.17) is 0 Å². The molecule has 3 fully saturated rings. The molecule has 3 aliphatic rings. The Bertz CT molecular complexity index is 2350. The molecule has 1 heteroatoms. The van der Waals surface area contributed by atoms with Crippen molar-refractivity contribution >= 4 is 27.8 Å². The molecule has 3 aliphatic carbocycles. The van der Waals surface area contributed by atoms with Crippen molar-refractivity contribution in [3.63, 3.8) is 0 Å². The highest BCUT2D eigenvalue weighted by molar-refractivity contribution is 6.04. The van der Waals surface area contributed by atoms with E-state index in [0.29, 0.717) is 5.41 Å². The van der Waals surface area contributed by atoms with Gasteiger partial charge >= 0.3 is 0 Å². The van der Waals surface area contributed by atoms with Crippen LogP contribution >= 0.6 is 0 Å². The molecule has 0 bridgehead atoms. The molecule has 0 radical (unpaired) electrons. The Hall–Kier alpha value is -4.62. The minimum Gasteiger partial charge on any atom is -0.309 e. The summed E-state index contributed by atoms with van der Waals surface area (Å²) in [4.78, 5) is 2.62. The van der Waals surface area contributed by atoms with Crippen LogP contribution in [0.15, 0.2) is 127 Å². The zero-order valence-electron chi connectivity index (χ0n) is 34.6. The first kappa shape index (κ1) is 36.0. The number of hydrogen-bond donors (Lipinski definition) is 0. The van der Waals surface area contributed by atoms with E-state index in [0.717, 1.165) is 17.8 Å². The first-order valence-electron chi connectivity index (χ1n) is 20.9. The molecule has 0 aliphatic heterocycles. The first-order chi connectivity index (χ1) is 26.2. The minimum absolute atomic E-state index is 0.0236. The average Bonchev–Trinajstić information content (AvgIpc) is 3.28. The summed E-state index contributed by atoms with van der Waals surface area (Å²) in [6.45, 7) is 21.1. The number of para-hydroxylation sites is 1. The van der Waals surface area contributed by atoms with Gasteiger partial charge in [0.15, 0.2) is 0 Å². The summed E-state index contributed by atoms with van der Waals surface area (Å²) in [5.74, 6) is 2.53. The van der Waals surface area contributed by atoms with Crippen molar-refractivity contribution in [2.24, 2.45) is 17.8 Å². The van der Waals surface area contributed by atoms with Crippen molar-refractivity contribution in [3.05, 3.63) is 150 Å². The molecule has 1 nitrogen and oxygen atoms in total. The topological polar surface area (TPSA) is 3.24 Å². The molecule has 0 heterocycles. The summed E-state index contributed by atoms with van der Waals surface area (Å²) in [5.41, 5.74) is 14.7. The zero-order chi connectivity index (χ0) is 38.5. The predicted octanol–water partition coefficient (Wildman–Crippen LogP) is 15.2. The maximum atomic E-state index is 2.62. The molecule has 0 saturated heterocycles. The van der Waals surface area contributed by atoms with Crippen LogP contribution in [0.5, 0.6) is 0 Å². The molecule has 2 atom stereocenters. The molecule has 6 aromatic rings. The Kier molecular flexibility index (Phi) is 8.33. The fourth-order valence-corrected chi connectivity index (χ4v) is 10.9. The van der Waals surface area contributed by atoms with E-state index < -0.39 is 0 Å². The van der Waals surface area contributed by atoms with Gasteiger partial charge in [0.25, 0.3) is 0 Å². The zero-order valence-corrected chi connectivity index (χ0v) is 34.6. The molecule has 6 aromatic carbocycles. The van der Waals surface area contributed by atoms with Crippen LogP contribution in [0.25, 0.3) is 33.0 Å². The van der Waals surface area contributed by atoms with Gasteiger partial charge in [-0.1, -0.05) is 165 Å². The van der Waals surface area contributed by atoms with Crippen LogP contribution < -0.4 is 4.90 Å². The minimum atomic E-state index is -0.0258. The summed E-state index contributed by atoms with van der Waals surface area (Å²) in [5, 5.41) is 2.84. The largest absolute Gasteiger partial charge is 0.309 e. The standard InChI is InChI=1S/C54H59N/c1-51(2,3)37-27-28-44(35-17-11-10-12-18-35)49(34-37)55(43-32-40(52(4,5)6)31-41(33-43)53(7,8)9)48-24-14-13-21-45(48)46-22-15-19-36-20-16-23-47(50(36)46)54-38-25-26-39(54)30-42(54)29-38/h10-24,27-28,31-34,38-39,42H,25-26,29-30H2,1-9H3. The lowest BCUT2D eigenvalue weighted by atomic mass is 9.38. The lowest BCUT2D eigenvalue weighted by Gasteiger charge is -2.65. The molecule has 55 heavy (non-hydrogen) atoms. The van der Waals surface area contributed by atoms with Gasteiger partial charge in [-0.2, -0.15) is 0 Å². The van der Waals surface area contributed by atoms with Gasteiger partial charge in [-0.15, -0.1) is 0 Å². The number of benzene rings is 6. The van der Waals surface area contributed by atoms with Gasteiger partial charge in [-0.3, -0.25) is 0 Å². The number of nitrogens with zero attached hydrogens (tertiary/aromatic N) is 1. The van der Waals surface area contributed by atoms with Crippen molar-refractivity contribution in [2.45, 2.75) is 110 Å². The molecule has 0 amide bonds. The van der Waals surface area contributed by atoms with Crippen molar-refractivity contribution in [3.8, 4) is 22.3 Å². The highest BCUT2D eigenvalue weighted by atomic mass is 15.1. The molecule has 0 N–H and O–H groups in total. The lowest BCUT2D eigenvalue weighted by Crippen LogP contribution is -2.61. The maximum absolute atomic E-state index is 2.62.